The van der Waals surface area contributed by atoms with Crippen molar-refractivity contribution in [1.82, 2.24) is 9.97 Å². The van der Waals surface area contributed by atoms with Crippen LogP contribution in [0.3, 0.4) is 0 Å². The summed E-state index contributed by atoms with van der Waals surface area (Å²) in [4.78, 5) is 8.14. The second kappa shape index (κ2) is 12.2. The number of methoxy groups -OCH3 is 2. The molecule has 0 bridgehead atoms. The number of hydrogen-bond donors (Lipinski definition) is 1. The van der Waals surface area contributed by atoms with E-state index >= 15 is 0 Å². The van der Waals surface area contributed by atoms with Gasteiger partial charge in [-0.1, -0.05) is 0 Å². The number of unbranched alkanes of at least 4 members (excludes halogenated alkanes) is 1. The van der Waals surface area contributed by atoms with Crippen LogP contribution in [0.2, 0.25) is 0 Å². The van der Waals surface area contributed by atoms with Crippen molar-refractivity contribution in [3.8, 4) is 23.0 Å². The van der Waals surface area contributed by atoms with Crippen molar-refractivity contribution in [3.05, 3.63) is 59.7 Å². The molecular weight excluding hydrogens is 475 g/mol. The van der Waals surface area contributed by atoms with Crippen LogP contribution in [0.25, 0.3) is 0 Å². The third kappa shape index (κ3) is 6.34. The van der Waals surface area contributed by atoms with E-state index in [2.05, 4.69) is 15.3 Å². The van der Waals surface area contributed by atoms with Gasteiger partial charge in [-0.05, 0) is 25.0 Å². The molecule has 0 radical (unpaired) electrons. The average molecular weight is 498 g/mol. The lowest BCUT2D eigenvalue weighted by molar-refractivity contribution is 0.280. The Labute approximate surface area is 199 Å². The zero-order valence-corrected chi connectivity index (χ0v) is 19.3. The summed E-state index contributed by atoms with van der Waals surface area (Å²) in [6, 6.07) is 5.49. The van der Waals surface area contributed by atoms with Gasteiger partial charge in [0.2, 0.25) is 5.95 Å². The van der Waals surface area contributed by atoms with Crippen LogP contribution in [0, 0.1) is 17.5 Å². The zero-order valence-electron chi connectivity index (χ0n) is 18.5. The molecule has 0 aliphatic heterocycles. The summed E-state index contributed by atoms with van der Waals surface area (Å²) in [5.41, 5.74) is 0.0470. The zero-order chi connectivity index (χ0) is 24.5. The van der Waals surface area contributed by atoms with Gasteiger partial charge >= 0.3 is 0 Å². The maximum absolute atomic E-state index is 14.4. The van der Waals surface area contributed by atoms with Gasteiger partial charge in [-0.15, -0.1) is 11.6 Å². The highest BCUT2D eigenvalue weighted by Gasteiger charge is 2.20. The molecule has 0 atom stereocenters. The van der Waals surface area contributed by atoms with E-state index in [1.165, 1.54) is 38.7 Å². The van der Waals surface area contributed by atoms with Crippen molar-refractivity contribution >= 4 is 23.2 Å². The van der Waals surface area contributed by atoms with E-state index in [0.29, 0.717) is 18.2 Å². The van der Waals surface area contributed by atoms with E-state index in [1.807, 2.05) is 0 Å². The number of alkyl halides is 1. The standard InChI is InChI=1S/C23H23ClF3N3O4/c1-31-19-10-20(32-2)22(27)16(21(19)26)13-34-15-11-28-23(29-12-15)30-14-5-6-18(17(25)9-14)33-8-4-3-7-24/h5-6,9-12H,3-4,7-8,13H2,1-2H3,(H,28,29,30). The number of rotatable bonds is 12. The molecule has 1 aromatic heterocycles. The molecule has 1 N–H and O–H groups in total. The Hall–Kier alpha value is -3.40. The minimum absolute atomic E-state index is 0.137. The number of benzene rings is 2. The number of nitrogens with zero attached hydrogens (tertiary/aromatic N) is 2. The fourth-order valence-corrected chi connectivity index (χ4v) is 3.07. The van der Waals surface area contributed by atoms with Crippen LogP contribution in [0.5, 0.6) is 23.0 Å². The lowest BCUT2D eigenvalue weighted by Gasteiger charge is -2.13. The van der Waals surface area contributed by atoms with Crippen molar-refractivity contribution in [3.63, 3.8) is 0 Å². The van der Waals surface area contributed by atoms with E-state index < -0.39 is 24.1 Å². The summed E-state index contributed by atoms with van der Waals surface area (Å²) < 4.78 is 63.7. The smallest absolute Gasteiger partial charge is 0.227 e. The molecule has 182 valence electrons. The van der Waals surface area contributed by atoms with Gasteiger partial charge in [0.25, 0.3) is 0 Å². The molecule has 0 amide bonds. The monoisotopic (exact) mass is 497 g/mol. The fourth-order valence-electron chi connectivity index (χ4n) is 2.88. The number of hydrogen-bond acceptors (Lipinski definition) is 7. The maximum atomic E-state index is 14.4. The first kappa shape index (κ1) is 25.2. The van der Waals surface area contributed by atoms with Gasteiger partial charge in [0.05, 0.1) is 38.8 Å². The highest BCUT2D eigenvalue weighted by molar-refractivity contribution is 6.17. The Morgan fingerprint density at radius 3 is 2.15 bits per heavy atom. The molecule has 34 heavy (non-hydrogen) atoms. The van der Waals surface area contributed by atoms with E-state index in [1.54, 1.807) is 6.07 Å². The minimum Gasteiger partial charge on any atom is -0.494 e. The SMILES string of the molecule is COc1cc(OC)c(F)c(COc2cnc(Nc3ccc(OCCCCCl)c(F)c3)nc2)c1F. The Morgan fingerprint density at radius 2 is 1.56 bits per heavy atom. The molecule has 0 saturated carbocycles. The predicted molar refractivity (Wildman–Crippen MR) is 121 cm³/mol. The third-order valence-corrected chi connectivity index (χ3v) is 4.92. The van der Waals surface area contributed by atoms with Crippen LogP contribution in [0.1, 0.15) is 18.4 Å². The van der Waals surface area contributed by atoms with Gasteiger partial charge in [0.15, 0.2) is 40.4 Å². The van der Waals surface area contributed by atoms with Crippen LogP contribution in [0.4, 0.5) is 24.8 Å². The first-order valence-corrected chi connectivity index (χ1v) is 10.8. The Kier molecular flexibility index (Phi) is 9.03. The molecule has 2 aromatic carbocycles. The van der Waals surface area contributed by atoms with E-state index in [0.717, 1.165) is 18.9 Å². The quantitative estimate of drug-likeness (QED) is 0.257. The Morgan fingerprint density at radius 1 is 0.882 bits per heavy atom. The summed E-state index contributed by atoms with van der Waals surface area (Å²) in [5.74, 6) is -1.67. The summed E-state index contributed by atoms with van der Waals surface area (Å²) in [5, 5.41) is 2.85. The largest absolute Gasteiger partial charge is 0.494 e. The molecular formula is C23H23ClF3N3O4. The molecule has 1 heterocycles. The molecule has 0 unspecified atom stereocenters. The van der Waals surface area contributed by atoms with Crippen LogP contribution in [-0.4, -0.2) is 36.7 Å². The number of anilines is 2. The first-order chi connectivity index (χ1) is 16.5. The van der Waals surface area contributed by atoms with E-state index in [9.17, 15) is 13.2 Å². The fraction of sp³-hybridized carbons (Fsp3) is 0.304. The third-order valence-electron chi connectivity index (χ3n) is 4.65. The van der Waals surface area contributed by atoms with Crippen molar-refractivity contribution in [2.75, 3.05) is 32.0 Å². The highest BCUT2D eigenvalue weighted by Crippen LogP contribution is 2.32. The minimum atomic E-state index is -0.895. The first-order valence-electron chi connectivity index (χ1n) is 10.3. The Balaban J connectivity index is 1.61. The topological polar surface area (TPSA) is 74.7 Å². The highest BCUT2D eigenvalue weighted by atomic mass is 35.5. The van der Waals surface area contributed by atoms with Gasteiger partial charge in [0.1, 0.15) is 6.61 Å². The summed E-state index contributed by atoms with van der Waals surface area (Å²) >= 11 is 5.61. The average Bonchev–Trinajstić information content (AvgIpc) is 2.84. The van der Waals surface area contributed by atoms with Gasteiger partial charge in [-0.3, -0.25) is 0 Å². The molecule has 0 saturated heterocycles. The second-order valence-electron chi connectivity index (χ2n) is 6.93. The molecule has 3 rings (SSSR count). The lowest BCUT2D eigenvalue weighted by atomic mass is 10.1. The normalized spacial score (nSPS) is 10.6. The molecule has 7 nitrogen and oxygen atoms in total. The molecule has 0 spiro atoms. The second-order valence-corrected chi connectivity index (χ2v) is 7.31. The maximum Gasteiger partial charge on any atom is 0.227 e. The van der Waals surface area contributed by atoms with Crippen LogP contribution >= 0.6 is 11.6 Å². The molecule has 11 heteroatoms. The van der Waals surface area contributed by atoms with Crippen LogP contribution < -0.4 is 24.3 Å². The van der Waals surface area contributed by atoms with Gasteiger partial charge in [-0.25, -0.2) is 23.1 Å². The van der Waals surface area contributed by atoms with Crippen LogP contribution in [0.15, 0.2) is 36.7 Å². The Bertz CT molecular complexity index is 1080. The van der Waals surface area contributed by atoms with Gasteiger partial charge < -0.3 is 24.3 Å². The van der Waals surface area contributed by atoms with Crippen molar-refractivity contribution in [1.29, 1.82) is 0 Å². The summed E-state index contributed by atoms with van der Waals surface area (Å²) in [6.07, 6.45) is 4.15. The molecule has 0 aliphatic rings. The predicted octanol–water partition coefficient (Wildman–Crippen LogP) is 5.63. The van der Waals surface area contributed by atoms with E-state index in [-0.39, 0.29) is 34.5 Å². The number of halogens is 4. The van der Waals surface area contributed by atoms with Crippen LogP contribution in [-0.2, 0) is 6.61 Å². The number of aromatic nitrogens is 2. The molecule has 0 fully saturated rings. The lowest BCUT2D eigenvalue weighted by Crippen LogP contribution is -2.06. The summed E-state index contributed by atoms with van der Waals surface area (Å²) in [7, 11) is 2.52. The molecule has 3 aromatic rings. The van der Waals surface area contributed by atoms with Gasteiger partial charge in [-0.2, -0.15) is 0 Å². The van der Waals surface area contributed by atoms with Gasteiger partial charge in [0, 0.05) is 23.7 Å². The van der Waals surface area contributed by atoms with E-state index in [4.69, 9.17) is 30.5 Å². The van der Waals surface area contributed by atoms with Crippen molar-refractivity contribution in [2.24, 2.45) is 0 Å². The number of ether oxygens (including phenoxy) is 4. The van der Waals surface area contributed by atoms with Crippen molar-refractivity contribution in [2.45, 2.75) is 19.4 Å². The summed E-state index contributed by atoms with van der Waals surface area (Å²) in [6.45, 7) is -0.0732. The molecule has 0 aliphatic carbocycles. The number of nitrogens with one attached hydrogen (secondary N) is 1. The van der Waals surface area contributed by atoms with Crippen molar-refractivity contribution < 1.29 is 32.1 Å².